The molecule has 0 aliphatic rings. The molecule has 0 unspecified atom stereocenters. The van der Waals surface area contributed by atoms with Crippen molar-refractivity contribution in [3.8, 4) is 0 Å². The topological polar surface area (TPSA) is 46.3 Å². The first-order valence-corrected chi connectivity index (χ1v) is 6.30. The van der Waals surface area contributed by atoms with Crippen molar-refractivity contribution in [2.24, 2.45) is 0 Å². The standard InChI is InChI=1S/C16H17FN2O/c1-10-4-7-15(11(2)8-10)19(3)16(20)12-5-6-14(18)13(17)9-12/h4-9H,18H2,1-3H3. The molecule has 0 aliphatic heterocycles. The summed E-state index contributed by atoms with van der Waals surface area (Å²) in [7, 11) is 1.67. The second kappa shape index (κ2) is 5.33. The number of carbonyl (C=O) groups excluding carboxylic acids is 1. The van der Waals surface area contributed by atoms with Crippen LogP contribution in [0.5, 0.6) is 0 Å². The molecule has 0 atom stereocenters. The van der Waals surface area contributed by atoms with E-state index in [9.17, 15) is 9.18 Å². The quantitative estimate of drug-likeness (QED) is 0.853. The third-order valence-corrected chi connectivity index (χ3v) is 3.27. The molecule has 2 aromatic rings. The van der Waals surface area contributed by atoms with Crippen LogP contribution in [0, 0.1) is 19.7 Å². The number of amides is 1. The molecule has 2 N–H and O–H groups in total. The SMILES string of the molecule is Cc1ccc(N(C)C(=O)c2ccc(N)c(F)c2)c(C)c1. The van der Waals surface area contributed by atoms with Gasteiger partial charge >= 0.3 is 0 Å². The van der Waals surface area contributed by atoms with Crippen molar-refractivity contribution in [3.63, 3.8) is 0 Å². The van der Waals surface area contributed by atoms with Crippen molar-refractivity contribution in [2.75, 3.05) is 17.7 Å². The van der Waals surface area contributed by atoms with E-state index in [-0.39, 0.29) is 17.2 Å². The van der Waals surface area contributed by atoms with Gasteiger partial charge in [0.1, 0.15) is 5.82 Å². The van der Waals surface area contributed by atoms with Crippen LogP contribution in [0.4, 0.5) is 15.8 Å². The van der Waals surface area contributed by atoms with Gasteiger partial charge in [-0.3, -0.25) is 4.79 Å². The van der Waals surface area contributed by atoms with Gasteiger partial charge in [0.2, 0.25) is 0 Å². The predicted octanol–water partition coefficient (Wildman–Crippen LogP) is 3.30. The number of nitrogens with two attached hydrogens (primary N) is 1. The molecule has 3 nitrogen and oxygen atoms in total. The van der Waals surface area contributed by atoms with Crippen LogP contribution in [0.15, 0.2) is 36.4 Å². The van der Waals surface area contributed by atoms with Crippen molar-refractivity contribution in [3.05, 3.63) is 58.9 Å². The van der Waals surface area contributed by atoms with E-state index in [1.54, 1.807) is 7.05 Å². The number of benzene rings is 2. The molecule has 0 aromatic heterocycles. The third kappa shape index (κ3) is 2.64. The number of carbonyl (C=O) groups is 1. The zero-order valence-corrected chi connectivity index (χ0v) is 11.8. The summed E-state index contributed by atoms with van der Waals surface area (Å²) < 4.78 is 13.4. The first-order valence-electron chi connectivity index (χ1n) is 6.30. The van der Waals surface area contributed by atoms with Crippen molar-refractivity contribution in [1.82, 2.24) is 0 Å². The van der Waals surface area contributed by atoms with Crippen molar-refractivity contribution in [2.45, 2.75) is 13.8 Å². The maximum Gasteiger partial charge on any atom is 0.258 e. The van der Waals surface area contributed by atoms with Gasteiger partial charge in [0, 0.05) is 18.3 Å². The molecule has 1 amide bonds. The summed E-state index contributed by atoms with van der Waals surface area (Å²) in [5.41, 5.74) is 8.66. The van der Waals surface area contributed by atoms with Crippen LogP contribution in [-0.2, 0) is 0 Å². The molecule has 0 saturated carbocycles. The minimum atomic E-state index is -0.579. The molecule has 20 heavy (non-hydrogen) atoms. The largest absolute Gasteiger partial charge is 0.396 e. The van der Waals surface area contributed by atoms with Crippen LogP contribution >= 0.6 is 0 Å². The number of nitrogen functional groups attached to an aromatic ring is 1. The Labute approximate surface area is 117 Å². The molecule has 0 aliphatic carbocycles. The molecule has 2 rings (SSSR count). The summed E-state index contributed by atoms with van der Waals surface area (Å²) in [5.74, 6) is -0.847. The molecule has 4 heteroatoms. The van der Waals surface area contributed by atoms with Crippen LogP contribution in [0.25, 0.3) is 0 Å². The number of hydrogen-bond acceptors (Lipinski definition) is 2. The fraction of sp³-hybridized carbons (Fsp3) is 0.188. The zero-order chi connectivity index (χ0) is 14.9. The number of nitrogens with zero attached hydrogens (tertiary/aromatic N) is 1. The Hall–Kier alpha value is -2.36. The molecule has 0 bridgehead atoms. The van der Waals surface area contributed by atoms with E-state index in [1.807, 2.05) is 32.0 Å². The summed E-state index contributed by atoms with van der Waals surface area (Å²) in [6.45, 7) is 3.93. The average Bonchev–Trinajstić information content (AvgIpc) is 2.40. The van der Waals surface area contributed by atoms with E-state index in [2.05, 4.69) is 0 Å². The number of hydrogen-bond donors (Lipinski definition) is 1. The first-order chi connectivity index (χ1) is 9.40. The fourth-order valence-corrected chi connectivity index (χ4v) is 2.14. The second-order valence-corrected chi connectivity index (χ2v) is 4.89. The summed E-state index contributed by atoms with van der Waals surface area (Å²) in [5, 5.41) is 0. The highest BCUT2D eigenvalue weighted by Crippen LogP contribution is 2.22. The fourth-order valence-electron chi connectivity index (χ4n) is 2.14. The van der Waals surface area contributed by atoms with Crippen LogP contribution in [0.3, 0.4) is 0 Å². The number of aryl methyl sites for hydroxylation is 2. The average molecular weight is 272 g/mol. The van der Waals surface area contributed by atoms with Crippen LogP contribution in [0.1, 0.15) is 21.5 Å². The summed E-state index contributed by atoms with van der Waals surface area (Å²) in [6, 6.07) is 9.92. The Morgan fingerprint density at radius 1 is 1.15 bits per heavy atom. The monoisotopic (exact) mass is 272 g/mol. The van der Waals surface area contributed by atoms with E-state index in [0.717, 1.165) is 22.9 Å². The lowest BCUT2D eigenvalue weighted by atomic mass is 10.1. The van der Waals surface area contributed by atoms with Crippen LogP contribution in [-0.4, -0.2) is 13.0 Å². The van der Waals surface area contributed by atoms with Gasteiger partial charge in [0.15, 0.2) is 0 Å². The zero-order valence-electron chi connectivity index (χ0n) is 11.8. The molecule has 2 aromatic carbocycles. The van der Waals surface area contributed by atoms with Crippen LogP contribution in [0.2, 0.25) is 0 Å². The second-order valence-electron chi connectivity index (χ2n) is 4.89. The Bertz CT molecular complexity index is 668. The van der Waals surface area contributed by atoms with Crippen molar-refractivity contribution >= 4 is 17.3 Å². The Morgan fingerprint density at radius 2 is 1.85 bits per heavy atom. The number of anilines is 2. The van der Waals surface area contributed by atoms with Gasteiger partial charge in [-0.25, -0.2) is 4.39 Å². The molecular weight excluding hydrogens is 255 g/mol. The Kier molecular flexibility index (Phi) is 3.74. The van der Waals surface area contributed by atoms with Gasteiger partial charge < -0.3 is 10.6 Å². The summed E-state index contributed by atoms with van der Waals surface area (Å²) in [4.78, 5) is 13.9. The normalized spacial score (nSPS) is 10.4. The highest BCUT2D eigenvalue weighted by atomic mass is 19.1. The highest BCUT2D eigenvalue weighted by molar-refractivity contribution is 6.06. The molecule has 0 radical (unpaired) electrons. The maximum atomic E-state index is 13.4. The number of halogens is 1. The Balaban J connectivity index is 2.34. The lowest BCUT2D eigenvalue weighted by Crippen LogP contribution is -2.27. The van der Waals surface area contributed by atoms with Gasteiger partial charge in [-0.05, 0) is 43.7 Å². The summed E-state index contributed by atoms with van der Waals surface area (Å²) >= 11 is 0. The van der Waals surface area contributed by atoms with Gasteiger partial charge in [0.25, 0.3) is 5.91 Å². The van der Waals surface area contributed by atoms with Gasteiger partial charge in [-0.2, -0.15) is 0 Å². The first kappa shape index (κ1) is 14.1. The van der Waals surface area contributed by atoms with E-state index in [0.29, 0.717) is 0 Å². The van der Waals surface area contributed by atoms with E-state index < -0.39 is 5.82 Å². The van der Waals surface area contributed by atoms with E-state index in [4.69, 9.17) is 5.73 Å². The van der Waals surface area contributed by atoms with Crippen molar-refractivity contribution < 1.29 is 9.18 Å². The van der Waals surface area contributed by atoms with E-state index >= 15 is 0 Å². The molecule has 0 heterocycles. The maximum absolute atomic E-state index is 13.4. The van der Waals surface area contributed by atoms with Gasteiger partial charge in [0.05, 0.1) is 5.69 Å². The lowest BCUT2D eigenvalue weighted by Gasteiger charge is -2.20. The molecule has 104 valence electrons. The minimum Gasteiger partial charge on any atom is -0.396 e. The molecule has 0 saturated heterocycles. The molecule has 0 spiro atoms. The van der Waals surface area contributed by atoms with Crippen LogP contribution < -0.4 is 10.6 Å². The molecule has 0 fully saturated rings. The lowest BCUT2D eigenvalue weighted by molar-refractivity contribution is 0.0992. The number of rotatable bonds is 2. The smallest absolute Gasteiger partial charge is 0.258 e. The van der Waals surface area contributed by atoms with E-state index in [1.165, 1.54) is 17.0 Å². The van der Waals surface area contributed by atoms with Gasteiger partial charge in [-0.1, -0.05) is 17.7 Å². The summed E-state index contributed by atoms with van der Waals surface area (Å²) in [6.07, 6.45) is 0. The predicted molar refractivity (Wildman–Crippen MR) is 79.5 cm³/mol. The van der Waals surface area contributed by atoms with Crippen molar-refractivity contribution in [1.29, 1.82) is 0 Å². The third-order valence-electron chi connectivity index (χ3n) is 3.27. The van der Waals surface area contributed by atoms with Gasteiger partial charge in [-0.15, -0.1) is 0 Å². The minimum absolute atomic E-state index is 0.0377. The molecular formula is C16H17FN2O. The Morgan fingerprint density at radius 3 is 2.45 bits per heavy atom. The highest BCUT2D eigenvalue weighted by Gasteiger charge is 2.16.